The fourth-order valence-electron chi connectivity index (χ4n) is 3.14. The molecule has 140 valence electrons. The SMILES string of the molecule is C=CCC[C@@H](CN1CCCN(C)CC1)Oc1ncc(C)c(N(C)C)n1. The second kappa shape index (κ2) is 9.73. The van der Waals surface area contributed by atoms with Crippen LogP contribution < -0.4 is 9.64 Å². The van der Waals surface area contributed by atoms with Crippen molar-refractivity contribution in [3.63, 3.8) is 0 Å². The molecule has 1 saturated heterocycles. The van der Waals surface area contributed by atoms with Crippen molar-refractivity contribution in [1.29, 1.82) is 0 Å². The number of ether oxygens (including phenoxy) is 1. The Morgan fingerprint density at radius 2 is 2.12 bits per heavy atom. The van der Waals surface area contributed by atoms with Crippen LogP contribution in [0.2, 0.25) is 0 Å². The molecule has 6 nitrogen and oxygen atoms in total. The number of likely N-dealkylation sites (N-methyl/N-ethyl adjacent to an activating group) is 1. The van der Waals surface area contributed by atoms with Crippen LogP contribution in [0.15, 0.2) is 18.9 Å². The summed E-state index contributed by atoms with van der Waals surface area (Å²) in [6.07, 6.45) is 6.95. The first-order valence-corrected chi connectivity index (χ1v) is 9.19. The minimum atomic E-state index is 0.0825. The molecule has 1 aliphatic heterocycles. The largest absolute Gasteiger partial charge is 0.459 e. The van der Waals surface area contributed by atoms with Gasteiger partial charge in [0.15, 0.2) is 0 Å². The predicted molar refractivity (Wildman–Crippen MR) is 103 cm³/mol. The molecule has 0 radical (unpaired) electrons. The Hall–Kier alpha value is -1.66. The van der Waals surface area contributed by atoms with E-state index in [1.54, 1.807) is 0 Å². The number of aromatic nitrogens is 2. The van der Waals surface area contributed by atoms with E-state index < -0.39 is 0 Å². The second-order valence-electron chi connectivity index (χ2n) is 7.12. The molecule has 0 aliphatic carbocycles. The molecule has 0 amide bonds. The smallest absolute Gasteiger partial charge is 0.318 e. The van der Waals surface area contributed by atoms with E-state index >= 15 is 0 Å². The summed E-state index contributed by atoms with van der Waals surface area (Å²) in [5, 5.41) is 0. The molecular weight excluding hydrogens is 314 g/mol. The van der Waals surface area contributed by atoms with Gasteiger partial charge in [-0.25, -0.2) is 4.98 Å². The molecule has 0 aromatic carbocycles. The molecule has 1 atom stereocenters. The normalized spacial score (nSPS) is 17.8. The Balaban J connectivity index is 2.04. The monoisotopic (exact) mass is 347 g/mol. The minimum absolute atomic E-state index is 0.0825. The molecule has 1 aromatic rings. The van der Waals surface area contributed by atoms with Crippen LogP contribution in [0.1, 0.15) is 24.8 Å². The van der Waals surface area contributed by atoms with E-state index in [9.17, 15) is 0 Å². The number of hydrogen-bond acceptors (Lipinski definition) is 6. The summed E-state index contributed by atoms with van der Waals surface area (Å²) in [6.45, 7) is 11.3. The van der Waals surface area contributed by atoms with Crippen LogP contribution in [0.5, 0.6) is 6.01 Å². The van der Waals surface area contributed by atoms with Gasteiger partial charge in [-0.15, -0.1) is 6.58 Å². The molecule has 0 spiro atoms. The van der Waals surface area contributed by atoms with Gasteiger partial charge in [0.05, 0.1) is 0 Å². The summed E-state index contributed by atoms with van der Waals surface area (Å²) in [5.41, 5.74) is 1.05. The number of rotatable bonds is 8. The van der Waals surface area contributed by atoms with Gasteiger partial charge in [0.25, 0.3) is 0 Å². The highest BCUT2D eigenvalue weighted by molar-refractivity contribution is 5.44. The van der Waals surface area contributed by atoms with Gasteiger partial charge < -0.3 is 14.5 Å². The Morgan fingerprint density at radius 1 is 1.32 bits per heavy atom. The summed E-state index contributed by atoms with van der Waals surface area (Å²) in [4.78, 5) is 15.9. The number of aryl methyl sites for hydroxylation is 1. The average Bonchev–Trinajstić information content (AvgIpc) is 2.78. The van der Waals surface area contributed by atoms with Crippen molar-refractivity contribution < 1.29 is 4.74 Å². The fourth-order valence-corrected chi connectivity index (χ4v) is 3.14. The number of anilines is 1. The number of allylic oxidation sites excluding steroid dienone is 1. The van der Waals surface area contributed by atoms with E-state index in [4.69, 9.17) is 4.74 Å². The predicted octanol–water partition coefficient (Wildman–Crippen LogP) is 2.20. The van der Waals surface area contributed by atoms with E-state index in [1.165, 1.54) is 13.0 Å². The van der Waals surface area contributed by atoms with Crippen molar-refractivity contribution in [3.8, 4) is 6.01 Å². The molecule has 0 N–H and O–H groups in total. The van der Waals surface area contributed by atoms with Crippen LogP contribution in [0.3, 0.4) is 0 Å². The lowest BCUT2D eigenvalue weighted by atomic mass is 10.2. The maximum Gasteiger partial charge on any atom is 0.318 e. The first kappa shape index (κ1) is 19.7. The Bertz CT molecular complexity index is 549. The standard InChI is InChI=1S/C19H33N5O/c1-6-7-9-17(15-24-11-8-10-23(5)12-13-24)25-19-20-14-16(2)18(21-19)22(3)4/h6,14,17H,1,7-13,15H2,2-5H3/t17-/m0/s1. The molecule has 2 heterocycles. The van der Waals surface area contributed by atoms with Gasteiger partial charge in [0.1, 0.15) is 11.9 Å². The summed E-state index contributed by atoms with van der Waals surface area (Å²) >= 11 is 0. The van der Waals surface area contributed by atoms with Gasteiger partial charge in [-0.2, -0.15) is 4.98 Å². The van der Waals surface area contributed by atoms with Crippen molar-refractivity contribution >= 4 is 5.82 Å². The molecular formula is C19H33N5O. The molecule has 1 fully saturated rings. The Morgan fingerprint density at radius 3 is 2.84 bits per heavy atom. The lowest BCUT2D eigenvalue weighted by molar-refractivity contribution is 0.118. The summed E-state index contributed by atoms with van der Waals surface area (Å²) in [7, 11) is 6.17. The van der Waals surface area contributed by atoms with E-state index in [-0.39, 0.29) is 6.10 Å². The highest BCUT2D eigenvalue weighted by Crippen LogP contribution is 2.18. The lowest BCUT2D eigenvalue weighted by Gasteiger charge is -2.26. The van der Waals surface area contributed by atoms with Gasteiger partial charge in [0, 0.05) is 45.5 Å². The molecule has 6 heteroatoms. The van der Waals surface area contributed by atoms with Crippen molar-refractivity contribution in [2.75, 3.05) is 58.8 Å². The highest BCUT2D eigenvalue weighted by atomic mass is 16.5. The fraction of sp³-hybridized carbons (Fsp3) is 0.684. The number of hydrogen-bond donors (Lipinski definition) is 0. The zero-order chi connectivity index (χ0) is 18.2. The Kier molecular flexibility index (Phi) is 7.65. The van der Waals surface area contributed by atoms with Crippen molar-refractivity contribution in [2.24, 2.45) is 0 Å². The maximum atomic E-state index is 6.18. The van der Waals surface area contributed by atoms with E-state index in [0.717, 1.165) is 50.4 Å². The van der Waals surface area contributed by atoms with Gasteiger partial charge in [-0.05, 0) is 46.3 Å². The van der Waals surface area contributed by atoms with Gasteiger partial charge >= 0.3 is 6.01 Å². The molecule has 0 bridgehead atoms. The van der Waals surface area contributed by atoms with Crippen LogP contribution in [0.25, 0.3) is 0 Å². The van der Waals surface area contributed by atoms with Crippen molar-refractivity contribution in [3.05, 3.63) is 24.4 Å². The molecule has 25 heavy (non-hydrogen) atoms. The maximum absolute atomic E-state index is 6.18. The highest BCUT2D eigenvalue weighted by Gasteiger charge is 2.19. The summed E-state index contributed by atoms with van der Waals surface area (Å²) in [6, 6.07) is 0.468. The van der Waals surface area contributed by atoms with Crippen LogP contribution in [-0.4, -0.2) is 79.7 Å². The van der Waals surface area contributed by atoms with E-state index in [0.29, 0.717) is 6.01 Å². The van der Waals surface area contributed by atoms with Gasteiger partial charge in [-0.3, -0.25) is 4.90 Å². The number of nitrogens with zero attached hydrogens (tertiary/aromatic N) is 5. The quantitative estimate of drug-likeness (QED) is 0.672. The van der Waals surface area contributed by atoms with Gasteiger partial charge in [-0.1, -0.05) is 6.08 Å². The average molecular weight is 348 g/mol. The summed E-state index contributed by atoms with van der Waals surface area (Å²) in [5.74, 6) is 0.906. The molecule has 0 saturated carbocycles. The lowest BCUT2D eigenvalue weighted by Crippen LogP contribution is -2.38. The third-order valence-electron chi connectivity index (χ3n) is 4.59. The van der Waals surface area contributed by atoms with Gasteiger partial charge in [0.2, 0.25) is 0 Å². The van der Waals surface area contributed by atoms with E-state index in [1.807, 2.05) is 38.2 Å². The minimum Gasteiger partial charge on any atom is -0.459 e. The molecule has 1 aromatic heterocycles. The second-order valence-corrected chi connectivity index (χ2v) is 7.12. The third-order valence-corrected chi connectivity index (χ3v) is 4.59. The first-order valence-electron chi connectivity index (χ1n) is 9.19. The van der Waals surface area contributed by atoms with Crippen LogP contribution in [0.4, 0.5) is 5.82 Å². The van der Waals surface area contributed by atoms with Crippen molar-refractivity contribution in [1.82, 2.24) is 19.8 Å². The van der Waals surface area contributed by atoms with Crippen molar-refractivity contribution in [2.45, 2.75) is 32.3 Å². The first-order chi connectivity index (χ1) is 12.0. The zero-order valence-electron chi connectivity index (χ0n) is 16.2. The zero-order valence-corrected chi connectivity index (χ0v) is 16.2. The van der Waals surface area contributed by atoms with Crippen LogP contribution >= 0.6 is 0 Å². The Labute approximate surface area is 152 Å². The third kappa shape index (κ3) is 6.29. The van der Waals surface area contributed by atoms with Crippen LogP contribution in [-0.2, 0) is 0 Å². The summed E-state index contributed by atoms with van der Waals surface area (Å²) < 4.78 is 6.18. The molecule has 1 aliphatic rings. The topological polar surface area (TPSA) is 44.7 Å². The van der Waals surface area contributed by atoms with Crippen LogP contribution in [0, 0.1) is 6.92 Å². The van der Waals surface area contributed by atoms with E-state index in [2.05, 4.69) is 33.4 Å². The molecule has 0 unspecified atom stereocenters. The molecule has 2 rings (SSSR count).